The quantitative estimate of drug-likeness (QED) is 0.621. The van der Waals surface area contributed by atoms with Gasteiger partial charge in [0.15, 0.2) is 0 Å². The van der Waals surface area contributed by atoms with E-state index in [1.54, 1.807) is 4.90 Å². The lowest BCUT2D eigenvalue weighted by Gasteiger charge is -2.35. The molecule has 1 saturated heterocycles. The first kappa shape index (κ1) is 23.8. The predicted octanol–water partition coefficient (Wildman–Crippen LogP) is 4.50. The molecule has 2 aromatic carbocycles. The van der Waals surface area contributed by atoms with Crippen LogP contribution >= 0.6 is 0 Å². The highest BCUT2D eigenvalue weighted by molar-refractivity contribution is 5.89. The Balaban J connectivity index is 1.53. The van der Waals surface area contributed by atoms with Gasteiger partial charge in [0.1, 0.15) is 12.6 Å². The van der Waals surface area contributed by atoms with Gasteiger partial charge in [0.05, 0.1) is 6.42 Å². The van der Waals surface area contributed by atoms with E-state index in [2.05, 4.69) is 12.1 Å². The van der Waals surface area contributed by atoms with Crippen LogP contribution in [0.3, 0.4) is 0 Å². The number of nitrogens with zero attached hydrogens (tertiary/aromatic N) is 2. The largest absolute Gasteiger partial charge is 0.481 e. The smallest absolute Gasteiger partial charge is 0.410 e. The maximum absolute atomic E-state index is 13.3. The van der Waals surface area contributed by atoms with Gasteiger partial charge in [-0.15, -0.1) is 0 Å². The SMILES string of the molecule is CCCN(C(=O)OCC1c2ccccc2-c2ccccc21)C(CC(=O)O)C(=O)N1CCCCC1. The fraction of sp³-hybridized carbons (Fsp3) is 0.444. The van der Waals surface area contributed by atoms with Crippen LogP contribution in [0.15, 0.2) is 48.5 Å². The highest BCUT2D eigenvalue weighted by Gasteiger charge is 2.36. The molecule has 1 fully saturated rings. The van der Waals surface area contributed by atoms with Crippen LogP contribution in [0.2, 0.25) is 0 Å². The lowest BCUT2D eigenvalue weighted by molar-refractivity contribution is -0.145. The van der Waals surface area contributed by atoms with Crippen molar-refractivity contribution >= 4 is 18.0 Å². The average Bonchev–Trinajstić information content (AvgIpc) is 3.18. The molecule has 1 unspecified atom stereocenters. The number of aliphatic carboxylic acids is 1. The Morgan fingerprint density at radius 1 is 1.00 bits per heavy atom. The Hall–Kier alpha value is -3.35. The molecule has 34 heavy (non-hydrogen) atoms. The molecule has 1 heterocycles. The van der Waals surface area contributed by atoms with Gasteiger partial charge >= 0.3 is 12.1 Å². The van der Waals surface area contributed by atoms with E-state index in [4.69, 9.17) is 4.74 Å². The molecule has 2 aromatic rings. The predicted molar refractivity (Wildman–Crippen MR) is 129 cm³/mol. The summed E-state index contributed by atoms with van der Waals surface area (Å²) in [6.07, 6.45) is 2.36. The summed E-state index contributed by atoms with van der Waals surface area (Å²) in [4.78, 5) is 41.1. The van der Waals surface area contributed by atoms with Gasteiger partial charge in [0.2, 0.25) is 5.91 Å². The van der Waals surface area contributed by atoms with Gasteiger partial charge in [-0.3, -0.25) is 14.5 Å². The second-order valence-electron chi connectivity index (χ2n) is 9.00. The lowest BCUT2D eigenvalue weighted by atomic mass is 9.98. The maximum Gasteiger partial charge on any atom is 0.410 e. The summed E-state index contributed by atoms with van der Waals surface area (Å²) in [5.41, 5.74) is 4.47. The van der Waals surface area contributed by atoms with Crippen molar-refractivity contribution < 1.29 is 24.2 Å². The molecule has 1 N–H and O–H groups in total. The molecule has 1 atom stereocenters. The van der Waals surface area contributed by atoms with Crippen molar-refractivity contribution in [2.75, 3.05) is 26.2 Å². The normalized spacial score (nSPS) is 15.9. The summed E-state index contributed by atoms with van der Waals surface area (Å²) in [6, 6.07) is 15.1. The number of carbonyl (C=O) groups excluding carboxylic acids is 2. The molecule has 1 aliphatic heterocycles. The summed E-state index contributed by atoms with van der Waals surface area (Å²) in [5.74, 6) is -1.51. The third-order valence-electron chi connectivity index (χ3n) is 6.73. The number of rotatable bonds is 8. The maximum atomic E-state index is 13.3. The van der Waals surface area contributed by atoms with Crippen LogP contribution < -0.4 is 0 Å². The standard InChI is InChI=1S/C27H32N2O5/c1-2-14-29(24(17-25(30)31)26(32)28-15-8-3-9-16-28)27(33)34-18-23-21-12-6-4-10-19(21)20-11-5-7-13-22(20)23/h4-7,10-13,23-24H,2-3,8-9,14-18H2,1H3,(H,30,31). The number of likely N-dealkylation sites (tertiary alicyclic amines) is 1. The molecule has 180 valence electrons. The fourth-order valence-electron chi connectivity index (χ4n) is 5.11. The van der Waals surface area contributed by atoms with E-state index in [1.165, 1.54) is 4.90 Å². The van der Waals surface area contributed by atoms with Crippen LogP contribution in [0, 0.1) is 0 Å². The van der Waals surface area contributed by atoms with Crippen molar-refractivity contribution in [3.05, 3.63) is 59.7 Å². The van der Waals surface area contributed by atoms with Crippen molar-refractivity contribution in [3.8, 4) is 11.1 Å². The second-order valence-corrected chi connectivity index (χ2v) is 9.00. The van der Waals surface area contributed by atoms with E-state index in [-0.39, 0.29) is 25.0 Å². The first-order valence-electron chi connectivity index (χ1n) is 12.1. The Morgan fingerprint density at radius 3 is 2.15 bits per heavy atom. The zero-order valence-electron chi connectivity index (χ0n) is 19.6. The highest BCUT2D eigenvalue weighted by atomic mass is 16.6. The molecule has 2 amide bonds. The number of hydrogen-bond donors (Lipinski definition) is 1. The van der Waals surface area contributed by atoms with Crippen LogP contribution in [-0.2, 0) is 14.3 Å². The minimum atomic E-state index is -1.11. The second kappa shape index (κ2) is 10.7. The van der Waals surface area contributed by atoms with E-state index < -0.39 is 24.5 Å². The molecule has 4 rings (SSSR count). The Morgan fingerprint density at radius 2 is 1.59 bits per heavy atom. The van der Waals surface area contributed by atoms with Crippen LogP contribution in [0.5, 0.6) is 0 Å². The van der Waals surface area contributed by atoms with Gasteiger partial charge in [-0.25, -0.2) is 4.79 Å². The van der Waals surface area contributed by atoms with Gasteiger partial charge in [0, 0.05) is 25.6 Å². The van der Waals surface area contributed by atoms with Crippen molar-refractivity contribution in [2.24, 2.45) is 0 Å². The summed E-state index contributed by atoms with van der Waals surface area (Å²) in [7, 11) is 0. The van der Waals surface area contributed by atoms with Crippen molar-refractivity contribution in [1.82, 2.24) is 9.80 Å². The van der Waals surface area contributed by atoms with Gasteiger partial charge in [-0.05, 0) is 47.9 Å². The van der Waals surface area contributed by atoms with E-state index >= 15 is 0 Å². The first-order chi connectivity index (χ1) is 16.5. The molecule has 0 spiro atoms. The fourth-order valence-corrected chi connectivity index (χ4v) is 5.11. The number of carboxylic acids is 1. The van der Waals surface area contributed by atoms with E-state index in [9.17, 15) is 19.5 Å². The van der Waals surface area contributed by atoms with E-state index in [1.807, 2.05) is 43.3 Å². The molecule has 0 aromatic heterocycles. The minimum Gasteiger partial charge on any atom is -0.481 e. The summed E-state index contributed by atoms with van der Waals surface area (Å²) >= 11 is 0. The van der Waals surface area contributed by atoms with Crippen LogP contribution in [0.25, 0.3) is 11.1 Å². The summed E-state index contributed by atoms with van der Waals surface area (Å²) in [5, 5.41) is 9.50. The number of hydrogen-bond acceptors (Lipinski definition) is 4. The van der Waals surface area contributed by atoms with Crippen molar-refractivity contribution in [3.63, 3.8) is 0 Å². The van der Waals surface area contributed by atoms with Gasteiger partial charge in [-0.2, -0.15) is 0 Å². The summed E-state index contributed by atoms with van der Waals surface area (Å²) in [6.45, 7) is 3.48. The molecule has 7 nitrogen and oxygen atoms in total. The number of carbonyl (C=O) groups is 3. The third-order valence-corrected chi connectivity index (χ3v) is 6.73. The van der Waals surface area contributed by atoms with Gasteiger partial charge < -0.3 is 14.7 Å². The van der Waals surface area contributed by atoms with E-state index in [0.29, 0.717) is 19.5 Å². The van der Waals surface area contributed by atoms with Gasteiger partial charge in [0.25, 0.3) is 0 Å². The number of carboxylic acid groups (broad SMARTS) is 1. The lowest BCUT2D eigenvalue weighted by Crippen LogP contribution is -2.53. The molecule has 0 bridgehead atoms. The van der Waals surface area contributed by atoms with Crippen molar-refractivity contribution in [1.29, 1.82) is 0 Å². The van der Waals surface area contributed by atoms with Crippen LogP contribution in [-0.4, -0.2) is 65.2 Å². The monoisotopic (exact) mass is 464 g/mol. The van der Waals surface area contributed by atoms with Crippen LogP contribution in [0.4, 0.5) is 4.79 Å². The number of fused-ring (bicyclic) bond motifs is 3. The molecule has 2 aliphatic rings. The van der Waals surface area contributed by atoms with Crippen molar-refractivity contribution in [2.45, 2.75) is 51.0 Å². The zero-order chi connectivity index (χ0) is 24.1. The van der Waals surface area contributed by atoms with E-state index in [0.717, 1.165) is 41.5 Å². The molecule has 0 radical (unpaired) electrons. The Kier molecular flexibility index (Phi) is 7.50. The first-order valence-corrected chi connectivity index (χ1v) is 12.1. The Labute approximate surface area is 200 Å². The molecule has 7 heteroatoms. The number of piperidine rings is 1. The topological polar surface area (TPSA) is 87.1 Å². The van der Waals surface area contributed by atoms with Crippen LogP contribution in [0.1, 0.15) is 56.1 Å². The minimum absolute atomic E-state index is 0.101. The zero-order valence-corrected chi connectivity index (χ0v) is 19.6. The number of ether oxygens (including phenoxy) is 1. The molecule has 0 saturated carbocycles. The summed E-state index contributed by atoms with van der Waals surface area (Å²) < 4.78 is 5.78. The average molecular weight is 465 g/mol. The molecular formula is C27H32N2O5. The van der Waals surface area contributed by atoms with Gasteiger partial charge in [-0.1, -0.05) is 55.5 Å². The number of benzene rings is 2. The molecule has 1 aliphatic carbocycles. The Bertz CT molecular complexity index is 1000. The number of amides is 2. The third kappa shape index (κ3) is 4.93. The molecular weight excluding hydrogens is 432 g/mol. The highest BCUT2D eigenvalue weighted by Crippen LogP contribution is 2.44.